The number of nitrogens with one attached hydrogen (secondary N) is 1. The summed E-state index contributed by atoms with van der Waals surface area (Å²) >= 11 is 0. The van der Waals surface area contributed by atoms with Crippen molar-refractivity contribution in [2.75, 3.05) is 5.75 Å². The van der Waals surface area contributed by atoms with Crippen LogP contribution in [0.15, 0.2) is 17.0 Å². The van der Waals surface area contributed by atoms with Crippen molar-refractivity contribution < 1.29 is 4.21 Å². The third-order valence-electron chi connectivity index (χ3n) is 3.89. The Hall–Kier alpha value is -0.670. The summed E-state index contributed by atoms with van der Waals surface area (Å²) in [5.41, 5.74) is 3.79. The first kappa shape index (κ1) is 12.4. The van der Waals surface area contributed by atoms with Gasteiger partial charge >= 0.3 is 0 Å². The zero-order valence-corrected chi connectivity index (χ0v) is 12.0. The lowest BCUT2D eigenvalue weighted by atomic mass is 9.98. The normalized spacial score (nSPS) is 27.7. The summed E-state index contributed by atoms with van der Waals surface area (Å²) < 4.78 is 12.4. The molecule has 0 radical (unpaired) electrons. The number of aryl methyl sites for hydroxylation is 2. The van der Waals surface area contributed by atoms with Crippen molar-refractivity contribution in [3.05, 3.63) is 28.8 Å². The Morgan fingerprint density at radius 1 is 1.22 bits per heavy atom. The molecule has 2 nitrogen and oxygen atoms in total. The summed E-state index contributed by atoms with van der Waals surface area (Å²) in [6.07, 6.45) is 4.79. The van der Waals surface area contributed by atoms with E-state index in [2.05, 4.69) is 31.3 Å². The van der Waals surface area contributed by atoms with E-state index in [0.29, 0.717) is 12.1 Å². The molecule has 3 rings (SSSR count). The van der Waals surface area contributed by atoms with Crippen molar-refractivity contribution in [2.24, 2.45) is 0 Å². The van der Waals surface area contributed by atoms with Crippen LogP contribution in [-0.2, 0) is 10.8 Å². The number of hydrogen-bond donors (Lipinski definition) is 1. The molecule has 0 spiro atoms. The average Bonchev–Trinajstić information content (AvgIpc) is 3.10. The minimum Gasteiger partial charge on any atom is -0.307 e. The standard InChI is InChI=1S/C15H21NOS/c1-10-8-11(2)15-13(9-10)14(16-12-5-6-12)4-3-7-18(15)17/h8-9,12,14,16H,3-7H2,1-2H3. The molecule has 0 bridgehead atoms. The fourth-order valence-corrected chi connectivity index (χ4v) is 4.46. The fraction of sp³-hybridized carbons (Fsp3) is 0.600. The van der Waals surface area contributed by atoms with E-state index in [-0.39, 0.29) is 0 Å². The number of rotatable bonds is 2. The van der Waals surface area contributed by atoms with Gasteiger partial charge in [-0.05, 0) is 50.7 Å². The monoisotopic (exact) mass is 263 g/mol. The van der Waals surface area contributed by atoms with Crippen molar-refractivity contribution in [1.29, 1.82) is 0 Å². The Balaban J connectivity index is 2.04. The molecule has 1 heterocycles. The second-order valence-electron chi connectivity index (χ2n) is 5.69. The second kappa shape index (κ2) is 4.78. The van der Waals surface area contributed by atoms with Crippen LogP contribution in [0, 0.1) is 13.8 Å². The van der Waals surface area contributed by atoms with E-state index in [1.165, 1.54) is 29.5 Å². The highest BCUT2D eigenvalue weighted by Crippen LogP contribution is 2.35. The molecule has 1 aromatic carbocycles. The summed E-state index contributed by atoms with van der Waals surface area (Å²) in [5, 5.41) is 3.73. The first-order chi connectivity index (χ1) is 8.65. The minimum atomic E-state index is -0.807. The van der Waals surface area contributed by atoms with Crippen LogP contribution in [0.25, 0.3) is 0 Å². The first-order valence-electron chi connectivity index (χ1n) is 6.90. The molecule has 2 atom stereocenters. The molecule has 98 valence electrons. The Morgan fingerprint density at radius 3 is 2.72 bits per heavy atom. The van der Waals surface area contributed by atoms with E-state index < -0.39 is 10.8 Å². The Morgan fingerprint density at radius 2 is 2.00 bits per heavy atom. The number of fused-ring (bicyclic) bond motifs is 1. The highest BCUT2D eigenvalue weighted by Gasteiger charge is 2.29. The van der Waals surface area contributed by atoms with Gasteiger partial charge in [-0.2, -0.15) is 0 Å². The van der Waals surface area contributed by atoms with E-state index in [9.17, 15) is 4.21 Å². The molecule has 1 fully saturated rings. The van der Waals surface area contributed by atoms with Gasteiger partial charge in [0.15, 0.2) is 0 Å². The van der Waals surface area contributed by atoms with Crippen LogP contribution in [-0.4, -0.2) is 16.0 Å². The van der Waals surface area contributed by atoms with Gasteiger partial charge in [0, 0.05) is 22.7 Å². The summed E-state index contributed by atoms with van der Waals surface area (Å²) in [6.45, 7) is 4.23. The molecule has 18 heavy (non-hydrogen) atoms. The smallest absolute Gasteiger partial charge is 0.0535 e. The van der Waals surface area contributed by atoms with Crippen LogP contribution in [0.4, 0.5) is 0 Å². The molecular weight excluding hydrogens is 242 g/mol. The number of hydrogen-bond acceptors (Lipinski definition) is 2. The molecule has 2 unspecified atom stereocenters. The zero-order chi connectivity index (χ0) is 12.7. The highest BCUT2D eigenvalue weighted by molar-refractivity contribution is 7.85. The highest BCUT2D eigenvalue weighted by atomic mass is 32.2. The number of benzene rings is 1. The average molecular weight is 263 g/mol. The van der Waals surface area contributed by atoms with Crippen molar-refractivity contribution in [1.82, 2.24) is 5.32 Å². The third-order valence-corrected chi connectivity index (χ3v) is 5.56. The Kier molecular flexibility index (Phi) is 3.29. The largest absolute Gasteiger partial charge is 0.307 e. The van der Waals surface area contributed by atoms with Gasteiger partial charge in [0.1, 0.15) is 0 Å². The van der Waals surface area contributed by atoms with Crippen molar-refractivity contribution >= 4 is 10.8 Å². The molecule has 0 amide bonds. The molecule has 1 aliphatic heterocycles. The van der Waals surface area contributed by atoms with E-state index >= 15 is 0 Å². The van der Waals surface area contributed by atoms with Gasteiger partial charge in [0.05, 0.1) is 10.8 Å². The van der Waals surface area contributed by atoms with Gasteiger partial charge in [-0.25, -0.2) is 0 Å². The summed E-state index contributed by atoms with van der Waals surface area (Å²) in [4.78, 5) is 1.11. The fourth-order valence-electron chi connectivity index (χ4n) is 2.94. The summed E-state index contributed by atoms with van der Waals surface area (Å²) in [6, 6.07) is 5.52. The third kappa shape index (κ3) is 2.39. The van der Waals surface area contributed by atoms with Gasteiger partial charge in [-0.15, -0.1) is 0 Å². The second-order valence-corrected chi connectivity index (χ2v) is 7.19. The van der Waals surface area contributed by atoms with Crippen LogP contribution < -0.4 is 5.32 Å². The van der Waals surface area contributed by atoms with Crippen LogP contribution in [0.1, 0.15) is 48.4 Å². The van der Waals surface area contributed by atoms with Crippen molar-refractivity contribution in [3.63, 3.8) is 0 Å². The maximum atomic E-state index is 12.4. The van der Waals surface area contributed by atoms with Gasteiger partial charge in [0.2, 0.25) is 0 Å². The van der Waals surface area contributed by atoms with Gasteiger partial charge in [-0.3, -0.25) is 4.21 Å². The Labute approximate surface area is 112 Å². The predicted octanol–water partition coefficient (Wildman–Crippen LogP) is 3.00. The maximum Gasteiger partial charge on any atom is 0.0535 e. The van der Waals surface area contributed by atoms with Crippen molar-refractivity contribution in [3.8, 4) is 0 Å². The molecule has 1 aromatic rings. The molecule has 2 aliphatic rings. The van der Waals surface area contributed by atoms with E-state index in [1.807, 2.05) is 0 Å². The van der Waals surface area contributed by atoms with Gasteiger partial charge < -0.3 is 5.32 Å². The van der Waals surface area contributed by atoms with E-state index in [1.54, 1.807) is 0 Å². The van der Waals surface area contributed by atoms with Crippen LogP contribution >= 0.6 is 0 Å². The van der Waals surface area contributed by atoms with E-state index in [4.69, 9.17) is 0 Å². The SMILES string of the molecule is Cc1cc(C)c2c(c1)C(NC1CC1)CCCS2=O. The zero-order valence-electron chi connectivity index (χ0n) is 11.2. The minimum absolute atomic E-state index is 0.414. The van der Waals surface area contributed by atoms with Crippen LogP contribution in [0.2, 0.25) is 0 Å². The van der Waals surface area contributed by atoms with Gasteiger partial charge in [0.25, 0.3) is 0 Å². The van der Waals surface area contributed by atoms with Gasteiger partial charge in [-0.1, -0.05) is 17.7 Å². The molecular formula is C15H21NOS. The molecule has 0 aromatic heterocycles. The van der Waals surface area contributed by atoms with Crippen LogP contribution in [0.3, 0.4) is 0 Å². The molecule has 1 saturated carbocycles. The predicted molar refractivity (Wildman–Crippen MR) is 75.3 cm³/mol. The summed E-state index contributed by atoms with van der Waals surface area (Å²) in [7, 11) is -0.807. The molecule has 3 heteroatoms. The lowest BCUT2D eigenvalue weighted by molar-refractivity contribution is 0.490. The molecule has 0 saturated heterocycles. The molecule has 1 N–H and O–H groups in total. The lowest BCUT2D eigenvalue weighted by Gasteiger charge is -2.20. The topological polar surface area (TPSA) is 29.1 Å². The van der Waals surface area contributed by atoms with E-state index in [0.717, 1.165) is 23.5 Å². The molecule has 1 aliphatic carbocycles. The lowest BCUT2D eigenvalue weighted by Crippen LogP contribution is -2.23. The quantitative estimate of drug-likeness (QED) is 0.888. The Bertz CT molecular complexity index is 494. The van der Waals surface area contributed by atoms with Crippen LogP contribution in [0.5, 0.6) is 0 Å². The maximum absolute atomic E-state index is 12.4. The summed E-state index contributed by atoms with van der Waals surface area (Å²) in [5.74, 6) is 0.819. The first-order valence-corrected chi connectivity index (χ1v) is 8.22. The van der Waals surface area contributed by atoms with Crippen molar-refractivity contribution in [2.45, 2.75) is 56.5 Å².